The van der Waals surface area contributed by atoms with Crippen LogP contribution in [-0.4, -0.2) is 27.0 Å². The molecule has 32 heavy (non-hydrogen) atoms. The zero-order valence-corrected chi connectivity index (χ0v) is 18.7. The van der Waals surface area contributed by atoms with Gasteiger partial charge in [-0.15, -0.1) is 0 Å². The number of para-hydroxylation sites is 2. The van der Waals surface area contributed by atoms with Gasteiger partial charge in [0.15, 0.2) is 5.65 Å². The van der Waals surface area contributed by atoms with Crippen LogP contribution in [0.4, 0.5) is 5.82 Å². The number of nitrogens with two attached hydrogens (primary N) is 1. The van der Waals surface area contributed by atoms with Crippen LogP contribution < -0.4 is 11.1 Å². The molecule has 6 nitrogen and oxygen atoms in total. The first-order valence-electron chi connectivity index (χ1n) is 11.6. The summed E-state index contributed by atoms with van der Waals surface area (Å²) in [6.45, 7) is 3.51. The molecule has 3 N–H and O–H groups in total. The largest absolute Gasteiger partial charge is 0.384 e. The number of hydrogen-bond acceptors (Lipinski definition) is 4. The Balaban J connectivity index is 1.58. The Hall–Kier alpha value is -3.41. The maximum Gasteiger partial charge on any atom is 0.257 e. The Morgan fingerprint density at radius 2 is 1.66 bits per heavy atom. The molecule has 0 aliphatic carbocycles. The van der Waals surface area contributed by atoms with Crippen molar-refractivity contribution < 1.29 is 4.79 Å². The lowest BCUT2D eigenvalue weighted by Crippen LogP contribution is -2.25. The first kappa shape index (κ1) is 21.8. The van der Waals surface area contributed by atoms with Gasteiger partial charge in [-0.2, -0.15) is 0 Å². The lowest BCUT2D eigenvalue weighted by atomic mass is 10.1. The molecule has 6 heteroatoms. The fraction of sp³-hybridized carbons (Fsp3) is 0.346. The molecular formula is C26H31N5O. The van der Waals surface area contributed by atoms with E-state index in [-0.39, 0.29) is 5.91 Å². The van der Waals surface area contributed by atoms with Crippen molar-refractivity contribution in [2.45, 2.75) is 52.0 Å². The van der Waals surface area contributed by atoms with E-state index < -0.39 is 0 Å². The summed E-state index contributed by atoms with van der Waals surface area (Å²) < 4.78 is 1.96. The second kappa shape index (κ2) is 10.3. The van der Waals surface area contributed by atoms with Crippen LogP contribution in [0.15, 0.2) is 54.6 Å². The molecule has 0 spiro atoms. The minimum absolute atomic E-state index is 0.183. The maximum atomic E-state index is 13.1. The molecule has 0 saturated carbocycles. The summed E-state index contributed by atoms with van der Waals surface area (Å²) in [7, 11) is 0. The van der Waals surface area contributed by atoms with Gasteiger partial charge >= 0.3 is 0 Å². The van der Waals surface area contributed by atoms with Crippen molar-refractivity contribution in [2.75, 3.05) is 12.3 Å². The van der Waals surface area contributed by atoms with Gasteiger partial charge in [0.05, 0.1) is 11.0 Å². The van der Waals surface area contributed by atoms with Crippen molar-refractivity contribution in [3.63, 3.8) is 0 Å². The molecule has 0 fully saturated rings. The van der Waals surface area contributed by atoms with E-state index in [1.807, 2.05) is 47.0 Å². The second-order valence-corrected chi connectivity index (χ2v) is 8.20. The van der Waals surface area contributed by atoms with Crippen LogP contribution in [0.2, 0.25) is 0 Å². The summed E-state index contributed by atoms with van der Waals surface area (Å²) >= 11 is 0. The molecule has 2 aromatic carbocycles. The highest BCUT2D eigenvalue weighted by molar-refractivity contribution is 6.10. The number of nitrogens with one attached hydrogen (secondary N) is 1. The molecule has 2 aromatic heterocycles. The van der Waals surface area contributed by atoms with Crippen molar-refractivity contribution in [1.82, 2.24) is 19.9 Å². The smallest absolute Gasteiger partial charge is 0.257 e. The maximum absolute atomic E-state index is 13.1. The van der Waals surface area contributed by atoms with Crippen LogP contribution >= 0.6 is 0 Å². The number of aryl methyl sites for hydroxylation is 2. The molecule has 4 aromatic rings. The predicted molar refractivity (Wildman–Crippen MR) is 131 cm³/mol. The summed E-state index contributed by atoms with van der Waals surface area (Å²) in [5.74, 6) is 0.268. The van der Waals surface area contributed by atoms with Gasteiger partial charge in [0.25, 0.3) is 5.91 Å². The van der Waals surface area contributed by atoms with Crippen LogP contribution in [0.25, 0.3) is 22.2 Å². The fourth-order valence-electron chi connectivity index (χ4n) is 4.09. The van der Waals surface area contributed by atoms with Crippen LogP contribution in [0.3, 0.4) is 0 Å². The summed E-state index contributed by atoms with van der Waals surface area (Å²) in [5.41, 5.74) is 11.1. The van der Waals surface area contributed by atoms with Gasteiger partial charge in [-0.3, -0.25) is 4.79 Å². The normalized spacial score (nSPS) is 11.3. The zero-order chi connectivity index (χ0) is 22.3. The van der Waals surface area contributed by atoms with Crippen molar-refractivity contribution in [1.29, 1.82) is 0 Å². The quantitative estimate of drug-likeness (QED) is 0.343. The molecule has 0 unspecified atom stereocenters. The summed E-state index contributed by atoms with van der Waals surface area (Å²) in [6.07, 6.45) is 6.25. The second-order valence-electron chi connectivity index (χ2n) is 8.20. The molecule has 0 aliphatic heterocycles. The van der Waals surface area contributed by atoms with E-state index in [9.17, 15) is 4.79 Å². The molecule has 166 valence electrons. The van der Waals surface area contributed by atoms with Gasteiger partial charge in [-0.05, 0) is 37.0 Å². The topological polar surface area (TPSA) is 85.8 Å². The number of aromatic nitrogens is 3. The lowest BCUT2D eigenvalue weighted by molar-refractivity contribution is 0.0955. The number of rotatable bonds is 10. The third-order valence-electron chi connectivity index (χ3n) is 5.82. The highest BCUT2D eigenvalue weighted by atomic mass is 16.1. The molecule has 0 bridgehead atoms. The van der Waals surface area contributed by atoms with E-state index in [0.717, 1.165) is 43.3 Å². The number of benzene rings is 2. The number of carbonyl (C=O) groups excluding carboxylic acids is 1. The van der Waals surface area contributed by atoms with Gasteiger partial charge in [0.1, 0.15) is 16.9 Å². The third kappa shape index (κ3) is 4.74. The van der Waals surface area contributed by atoms with Crippen molar-refractivity contribution in [2.24, 2.45) is 0 Å². The van der Waals surface area contributed by atoms with E-state index in [4.69, 9.17) is 15.7 Å². The molecule has 1 amide bonds. The highest BCUT2D eigenvalue weighted by Gasteiger charge is 2.23. The molecule has 0 atom stereocenters. The number of anilines is 1. The molecule has 4 rings (SSSR count). The molecule has 0 saturated heterocycles. The fourth-order valence-corrected chi connectivity index (χ4v) is 4.09. The van der Waals surface area contributed by atoms with Crippen LogP contribution in [-0.2, 0) is 13.0 Å². The van der Waals surface area contributed by atoms with Crippen LogP contribution in [0, 0.1) is 0 Å². The van der Waals surface area contributed by atoms with Gasteiger partial charge in [0, 0.05) is 13.1 Å². The Bertz CT molecular complexity index is 1200. The Kier molecular flexibility index (Phi) is 7.00. The number of nitrogen functional groups attached to an aromatic ring is 1. The standard InChI is InChI=1S/C26H31N5O/c1-2-3-4-10-18-31-24(27)22(23-25(31)30-21-16-9-8-15-20(21)29-23)26(32)28-17-11-14-19-12-6-5-7-13-19/h5-9,12-13,15-16H,2-4,10-11,14,17-18,27H2,1H3,(H,28,32). The molecule has 0 aliphatic rings. The molecule has 2 heterocycles. The minimum atomic E-state index is -0.183. The molecular weight excluding hydrogens is 398 g/mol. The van der Waals surface area contributed by atoms with Gasteiger partial charge in [-0.25, -0.2) is 9.97 Å². The number of unbranched alkanes of at least 4 members (excludes halogenated alkanes) is 3. The number of nitrogens with zero attached hydrogens (tertiary/aromatic N) is 3. The first-order valence-corrected chi connectivity index (χ1v) is 11.6. The van der Waals surface area contributed by atoms with Crippen LogP contribution in [0.1, 0.15) is 54.9 Å². The summed E-state index contributed by atoms with van der Waals surface area (Å²) in [5, 5.41) is 3.04. The highest BCUT2D eigenvalue weighted by Crippen LogP contribution is 2.28. The monoisotopic (exact) mass is 429 g/mol. The van der Waals surface area contributed by atoms with Gasteiger partial charge in [-0.1, -0.05) is 68.7 Å². The average molecular weight is 430 g/mol. The zero-order valence-electron chi connectivity index (χ0n) is 18.7. The van der Waals surface area contributed by atoms with E-state index in [1.165, 1.54) is 18.4 Å². The van der Waals surface area contributed by atoms with E-state index >= 15 is 0 Å². The average Bonchev–Trinajstić information content (AvgIpc) is 3.09. The SMILES string of the molecule is CCCCCCn1c(N)c(C(=O)NCCCc2ccccc2)c2nc3ccccc3nc21. The minimum Gasteiger partial charge on any atom is -0.384 e. The lowest BCUT2D eigenvalue weighted by Gasteiger charge is -2.08. The summed E-state index contributed by atoms with van der Waals surface area (Å²) in [4.78, 5) is 22.7. The number of amides is 1. The van der Waals surface area contributed by atoms with E-state index in [2.05, 4.69) is 24.4 Å². The third-order valence-corrected chi connectivity index (χ3v) is 5.82. The van der Waals surface area contributed by atoms with Gasteiger partial charge < -0.3 is 15.6 Å². The van der Waals surface area contributed by atoms with Crippen LogP contribution in [0.5, 0.6) is 0 Å². The van der Waals surface area contributed by atoms with Gasteiger partial charge in [0.2, 0.25) is 0 Å². The Morgan fingerprint density at radius 3 is 2.41 bits per heavy atom. The number of hydrogen-bond donors (Lipinski definition) is 2. The van der Waals surface area contributed by atoms with Crippen molar-refractivity contribution in [3.8, 4) is 0 Å². The van der Waals surface area contributed by atoms with Crippen molar-refractivity contribution in [3.05, 3.63) is 65.7 Å². The Labute approximate surface area is 188 Å². The Morgan fingerprint density at radius 1 is 0.938 bits per heavy atom. The predicted octanol–water partition coefficient (Wildman–Crippen LogP) is 5.11. The first-order chi connectivity index (χ1) is 15.7. The van der Waals surface area contributed by atoms with E-state index in [1.54, 1.807) is 0 Å². The molecule has 0 radical (unpaired) electrons. The number of fused-ring (bicyclic) bond motifs is 2. The van der Waals surface area contributed by atoms with Crippen molar-refractivity contribution >= 4 is 33.9 Å². The number of carbonyl (C=O) groups is 1. The summed E-state index contributed by atoms with van der Waals surface area (Å²) in [6, 6.07) is 18.0. The van der Waals surface area contributed by atoms with E-state index in [0.29, 0.717) is 29.1 Å².